The van der Waals surface area contributed by atoms with Crippen LogP contribution in [0.5, 0.6) is 0 Å². The fourth-order valence-electron chi connectivity index (χ4n) is 6.00. The first-order valence-corrected chi connectivity index (χ1v) is 18.0. The summed E-state index contributed by atoms with van der Waals surface area (Å²) in [4.78, 5) is 27.3. The van der Waals surface area contributed by atoms with E-state index in [1.165, 1.54) is 57.4 Å². The number of amides is 2. The number of aliphatic hydroxyl groups excluding tert-OH is 1. The molecule has 4 N–H and O–H groups in total. The molecule has 0 heterocycles. The average Bonchev–Trinajstić information content (AvgIpc) is 3.06. The van der Waals surface area contributed by atoms with Crippen molar-refractivity contribution in [2.75, 3.05) is 24.2 Å². The summed E-state index contributed by atoms with van der Waals surface area (Å²) in [5, 5.41) is 20.8. The largest absolute Gasteiger partial charge is 0.390 e. The van der Waals surface area contributed by atoms with Crippen molar-refractivity contribution in [3.63, 3.8) is 0 Å². The van der Waals surface area contributed by atoms with Gasteiger partial charge in [-0.15, -0.1) is 0 Å². The summed E-state index contributed by atoms with van der Waals surface area (Å²) in [6.07, 6.45) is 6.62. The summed E-state index contributed by atoms with van der Waals surface area (Å²) in [6.45, 7) is 4.31. The molecule has 248 valence electrons. The number of hydrogen-bond acceptors (Lipinski definition) is 6. The minimum absolute atomic E-state index is 0.110. The molecule has 0 aliphatic heterocycles. The molecule has 2 amide bonds. The van der Waals surface area contributed by atoms with Crippen molar-refractivity contribution in [3.05, 3.63) is 101 Å². The number of nitrogens with zero attached hydrogens (tertiary/aromatic N) is 1. The van der Waals surface area contributed by atoms with Crippen LogP contribution in [-0.2, 0) is 16.4 Å². The second kappa shape index (κ2) is 16.2. The fourth-order valence-corrected chi connectivity index (χ4v) is 6.49. The zero-order valence-corrected chi connectivity index (χ0v) is 28.1. The van der Waals surface area contributed by atoms with Crippen LogP contribution in [0.15, 0.2) is 78.9 Å². The van der Waals surface area contributed by atoms with Crippen LogP contribution in [0.4, 0.5) is 5.69 Å². The number of nitrogens with one attached hydrogen (secondary N) is 3. The lowest BCUT2D eigenvalue weighted by molar-refractivity contribution is 0.0817. The van der Waals surface area contributed by atoms with Gasteiger partial charge in [0.15, 0.2) is 0 Å². The van der Waals surface area contributed by atoms with E-state index in [4.69, 9.17) is 0 Å². The Balaban J connectivity index is 1.58. The van der Waals surface area contributed by atoms with Crippen LogP contribution in [0.1, 0.15) is 83.8 Å². The van der Waals surface area contributed by atoms with Gasteiger partial charge in [0.2, 0.25) is 10.0 Å². The van der Waals surface area contributed by atoms with Crippen LogP contribution >= 0.6 is 0 Å². The van der Waals surface area contributed by atoms with Gasteiger partial charge < -0.3 is 21.1 Å². The van der Waals surface area contributed by atoms with Gasteiger partial charge in [0.05, 0.1) is 30.1 Å². The van der Waals surface area contributed by atoms with Crippen molar-refractivity contribution in [3.8, 4) is 0 Å². The van der Waals surface area contributed by atoms with Crippen LogP contribution in [0.2, 0.25) is 0 Å². The predicted molar refractivity (Wildman–Crippen MR) is 183 cm³/mol. The molecule has 0 radical (unpaired) electrons. The third-order valence-electron chi connectivity index (χ3n) is 9.04. The second-order valence-corrected chi connectivity index (χ2v) is 14.6. The molecule has 0 aromatic heterocycles. The topological polar surface area (TPSA) is 128 Å². The van der Waals surface area contributed by atoms with E-state index >= 15 is 0 Å². The third-order valence-corrected chi connectivity index (χ3v) is 10.2. The van der Waals surface area contributed by atoms with Crippen LogP contribution in [-0.4, -0.2) is 63.4 Å². The zero-order valence-electron chi connectivity index (χ0n) is 27.3. The highest BCUT2D eigenvalue weighted by atomic mass is 32.2. The van der Waals surface area contributed by atoms with Gasteiger partial charge in [-0.3, -0.25) is 13.9 Å². The number of carbonyl (C=O) groups is 2. The number of hydrogen-bond donors (Lipinski definition) is 4. The minimum atomic E-state index is -3.69. The van der Waals surface area contributed by atoms with Crippen LogP contribution in [0.25, 0.3) is 0 Å². The van der Waals surface area contributed by atoms with Crippen LogP contribution in [0, 0.1) is 5.92 Å². The van der Waals surface area contributed by atoms with E-state index in [-0.39, 0.29) is 28.9 Å². The van der Waals surface area contributed by atoms with Crippen molar-refractivity contribution < 1.29 is 23.1 Å². The highest BCUT2D eigenvalue weighted by Gasteiger charge is 2.27. The maximum absolute atomic E-state index is 13.8. The maximum Gasteiger partial charge on any atom is 0.251 e. The molecule has 9 nitrogen and oxygen atoms in total. The third kappa shape index (κ3) is 9.88. The van der Waals surface area contributed by atoms with E-state index in [0.29, 0.717) is 18.9 Å². The molecule has 0 spiro atoms. The lowest BCUT2D eigenvalue weighted by Crippen LogP contribution is -2.50. The summed E-state index contributed by atoms with van der Waals surface area (Å²) in [6, 6.07) is 22.7. The summed E-state index contributed by atoms with van der Waals surface area (Å²) in [5.74, 6) is -0.406. The average molecular weight is 649 g/mol. The lowest BCUT2D eigenvalue weighted by Gasteiger charge is -2.31. The quantitative estimate of drug-likeness (QED) is 0.198. The normalized spacial score (nSPS) is 16.5. The van der Waals surface area contributed by atoms with E-state index < -0.39 is 34.0 Å². The SMILES string of the molecule is C[C@H](NC[C@@H](O)[C@H](Cc1ccccc1)NC(=O)c1cc(C(=O)N[C@H](C)c2ccccc2)cc(N(C)S(C)(=O)=O)c1)C1CCCCC1. The number of carbonyl (C=O) groups excluding carboxylic acids is 2. The molecule has 3 aromatic rings. The fraction of sp³-hybridized carbons (Fsp3) is 0.444. The number of aliphatic hydroxyl groups is 1. The first kappa shape index (κ1) is 35.1. The standard InChI is InChI=1S/C36H48N4O5S/c1-25(28-16-10-6-11-17-28)37-24-34(41)33(20-27-14-8-5-9-15-27)39-36(43)31-21-30(22-32(23-31)40(3)46(4,44)45)35(42)38-26(2)29-18-12-7-13-19-29/h5,7-9,12-15,18-19,21-23,25-26,28,33-34,37,41H,6,10-11,16-17,20,24H2,1-4H3,(H,38,42)(H,39,43)/t25-,26+,33-,34+/m0/s1. The molecule has 0 saturated heterocycles. The monoisotopic (exact) mass is 648 g/mol. The first-order valence-electron chi connectivity index (χ1n) is 16.1. The van der Waals surface area contributed by atoms with Gasteiger partial charge in [-0.1, -0.05) is 79.9 Å². The summed E-state index contributed by atoms with van der Waals surface area (Å²) < 4.78 is 25.9. The molecule has 10 heteroatoms. The van der Waals surface area contributed by atoms with Gasteiger partial charge in [-0.05, 0) is 68.4 Å². The molecule has 1 fully saturated rings. The number of sulfonamides is 1. The molecule has 1 saturated carbocycles. The summed E-state index contributed by atoms with van der Waals surface area (Å²) >= 11 is 0. The Morgan fingerprint density at radius 1 is 0.870 bits per heavy atom. The van der Waals surface area contributed by atoms with E-state index in [1.54, 1.807) is 0 Å². The summed E-state index contributed by atoms with van der Waals surface area (Å²) in [7, 11) is -2.31. The Morgan fingerprint density at radius 3 is 2.02 bits per heavy atom. The maximum atomic E-state index is 13.8. The van der Waals surface area contributed by atoms with Crippen molar-refractivity contribution >= 4 is 27.5 Å². The Labute approximate surface area is 273 Å². The van der Waals surface area contributed by atoms with Crippen LogP contribution < -0.4 is 20.3 Å². The molecule has 4 rings (SSSR count). The van der Waals surface area contributed by atoms with Gasteiger partial charge in [-0.25, -0.2) is 8.42 Å². The van der Waals surface area contributed by atoms with Gasteiger partial charge in [-0.2, -0.15) is 0 Å². The molecular formula is C36H48N4O5S. The Bertz CT molecular complexity index is 1550. The molecule has 0 bridgehead atoms. The van der Waals surface area contributed by atoms with Crippen molar-refractivity contribution in [2.45, 2.75) is 76.6 Å². The number of benzene rings is 3. The molecular weight excluding hydrogens is 600 g/mol. The van der Waals surface area contributed by atoms with Gasteiger partial charge in [0.1, 0.15) is 0 Å². The summed E-state index contributed by atoms with van der Waals surface area (Å²) in [5.41, 5.74) is 2.29. The van der Waals surface area contributed by atoms with E-state index in [0.717, 1.165) is 21.7 Å². The smallest absolute Gasteiger partial charge is 0.251 e. The molecule has 1 aliphatic rings. The van der Waals surface area contributed by atoms with Gasteiger partial charge in [0.25, 0.3) is 11.8 Å². The Kier molecular flexibility index (Phi) is 12.4. The molecule has 3 aromatic carbocycles. The minimum Gasteiger partial charge on any atom is -0.390 e. The molecule has 46 heavy (non-hydrogen) atoms. The lowest BCUT2D eigenvalue weighted by atomic mass is 9.84. The Hall–Kier alpha value is -3.73. The van der Waals surface area contributed by atoms with E-state index in [9.17, 15) is 23.1 Å². The first-order chi connectivity index (χ1) is 21.9. The highest BCUT2D eigenvalue weighted by Crippen LogP contribution is 2.26. The molecule has 0 unspecified atom stereocenters. The van der Waals surface area contributed by atoms with Gasteiger partial charge >= 0.3 is 0 Å². The number of anilines is 1. The van der Waals surface area contributed by atoms with Crippen LogP contribution in [0.3, 0.4) is 0 Å². The zero-order chi connectivity index (χ0) is 33.3. The van der Waals surface area contributed by atoms with Crippen molar-refractivity contribution in [1.29, 1.82) is 0 Å². The van der Waals surface area contributed by atoms with Crippen molar-refractivity contribution in [2.24, 2.45) is 5.92 Å². The Morgan fingerprint density at radius 2 is 1.43 bits per heavy atom. The molecule has 1 aliphatic carbocycles. The second-order valence-electron chi connectivity index (χ2n) is 12.5. The predicted octanol–water partition coefficient (Wildman–Crippen LogP) is 4.83. The molecule has 4 atom stereocenters. The van der Waals surface area contributed by atoms with E-state index in [1.807, 2.05) is 67.6 Å². The van der Waals surface area contributed by atoms with Crippen molar-refractivity contribution in [1.82, 2.24) is 16.0 Å². The highest BCUT2D eigenvalue weighted by molar-refractivity contribution is 7.92. The number of rotatable bonds is 14. The van der Waals surface area contributed by atoms with Gasteiger partial charge in [0, 0.05) is 30.8 Å². The van der Waals surface area contributed by atoms with E-state index in [2.05, 4.69) is 22.9 Å².